The highest BCUT2D eigenvalue weighted by Gasteiger charge is 1.96. The van der Waals surface area contributed by atoms with Crippen molar-refractivity contribution in [3.63, 3.8) is 0 Å². The van der Waals surface area contributed by atoms with Gasteiger partial charge in [-0.15, -0.1) is 0 Å². The minimum atomic E-state index is -0.810. The van der Waals surface area contributed by atoms with Crippen molar-refractivity contribution in [3.8, 4) is 0 Å². The van der Waals surface area contributed by atoms with Gasteiger partial charge < -0.3 is 5.11 Å². The summed E-state index contributed by atoms with van der Waals surface area (Å²) in [4.78, 5) is 9.90. The van der Waals surface area contributed by atoms with Gasteiger partial charge in [0.05, 0.1) is 6.42 Å². The Morgan fingerprint density at radius 2 is 2.38 bits per heavy atom. The second-order valence-electron chi connectivity index (χ2n) is 1.31. The van der Waals surface area contributed by atoms with E-state index in [1.807, 2.05) is 0 Å². The van der Waals surface area contributed by atoms with E-state index < -0.39 is 5.97 Å². The molecule has 0 spiro atoms. The smallest absolute Gasteiger partial charge is 0.308 e. The summed E-state index contributed by atoms with van der Waals surface area (Å²) in [6.07, 6.45) is 1.80. The van der Waals surface area contributed by atoms with Crippen LogP contribution in [0.4, 0.5) is 0 Å². The molecule has 0 rings (SSSR count). The predicted octanol–water partition coefficient (Wildman–Crippen LogP) is 1.76. The molecule has 0 unspecified atom stereocenters. The molecule has 1 N–H and O–H groups in total. The summed E-state index contributed by atoms with van der Waals surface area (Å²) in [5.74, 6) is -0.810. The average molecular weight is 179 g/mol. The van der Waals surface area contributed by atoms with E-state index >= 15 is 0 Å². The van der Waals surface area contributed by atoms with Crippen LogP contribution in [-0.2, 0) is 4.79 Å². The number of allylic oxidation sites excluding steroid dienone is 1. The quantitative estimate of drug-likeness (QED) is 0.701. The monoisotopic (exact) mass is 178 g/mol. The number of halogens is 1. The Morgan fingerprint density at radius 3 is 2.50 bits per heavy atom. The molecule has 0 aromatic rings. The normalized spacial score (nSPS) is 11.5. The van der Waals surface area contributed by atoms with Gasteiger partial charge in [-0.1, -0.05) is 22.0 Å². The number of hydrogen-bond acceptors (Lipinski definition) is 1. The Labute approximate surface area is 56.3 Å². The van der Waals surface area contributed by atoms with Crippen molar-refractivity contribution in [1.29, 1.82) is 0 Å². The number of hydrogen-bond donors (Lipinski definition) is 1. The van der Waals surface area contributed by atoms with Crippen LogP contribution in [0.25, 0.3) is 0 Å². The van der Waals surface area contributed by atoms with Crippen molar-refractivity contribution in [1.82, 2.24) is 0 Å². The van der Waals surface area contributed by atoms with E-state index in [0.717, 1.165) is 0 Å². The SMILES string of the molecule is C/C=C(\Br)CC(=O)O. The fraction of sp³-hybridized carbons (Fsp3) is 0.400. The number of carboxylic acid groups (broad SMARTS) is 1. The summed E-state index contributed by atoms with van der Waals surface area (Å²) in [7, 11) is 0. The van der Waals surface area contributed by atoms with E-state index in [1.54, 1.807) is 13.0 Å². The maximum Gasteiger partial charge on any atom is 0.308 e. The van der Waals surface area contributed by atoms with E-state index in [9.17, 15) is 4.79 Å². The van der Waals surface area contributed by atoms with Crippen molar-refractivity contribution >= 4 is 21.9 Å². The third-order valence-corrected chi connectivity index (χ3v) is 1.37. The minimum absolute atomic E-state index is 0.0799. The molecule has 0 aromatic carbocycles. The molecule has 3 heteroatoms. The van der Waals surface area contributed by atoms with Gasteiger partial charge >= 0.3 is 5.97 Å². The Kier molecular flexibility index (Phi) is 3.52. The van der Waals surface area contributed by atoms with Crippen LogP contribution in [-0.4, -0.2) is 11.1 Å². The molecule has 46 valence electrons. The van der Waals surface area contributed by atoms with Gasteiger partial charge in [-0.05, 0) is 6.92 Å². The molecule has 0 aliphatic rings. The second kappa shape index (κ2) is 3.66. The fourth-order valence-corrected chi connectivity index (χ4v) is 0.486. The van der Waals surface area contributed by atoms with Crippen LogP contribution in [0.2, 0.25) is 0 Å². The lowest BCUT2D eigenvalue weighted by Crippen LogP contribution is -1.92. The van der Waals surface area contributed by atoms with Crippen LogP contribution in [0.1, 0.15) is 13.3 Å². The van der Waals surface area contributed by atoms with Gasteiger partial charge in [0.15, 0.2) is 0 Å². The Morgan fingerprint density at radius 1 is 1.88 bits per heavy atom. The van der Waals surface area contributed by atoms with E-state index in [2.05, 4.69) is 15.9 Å². The summed E-state index contributed by atoms with van der Waals surface area (Å²) in [6, 6.07) is 0. The van der Waals surface area contributed by atoms with Crippen LogP contribution >= 0.6 is 15.9 Å². The lowest BCUT2D eigenvalue weighted by molar-refractivity contribution is -0.136. The van der Waals surface area contributed by atoms with Gasteiger partial charge in [0, 0.05) is 4.48 Å². The Bertz CT molecular complexity index is 118. The summed E-state index contributed by atoms with van der Waals surface area (Å²) in [5.41, 5.74) is 0. The van der Waals surface area contributed by atoms with Crippen LogP contribution in [0.15, 0.2) is 10.6 Å². The van der Waals surface area contributed by atoms with E-state index in [-0.39, 0.29) is 6.42 Å². The Hall–Kier alpha value is -0.310. The van der Waals surface area contributed by atoms with Crippen molar-refractivity contribution in [2.75, 3.05) is 0 Å². The van der Waals surface area contributed by atoms with Gasteiger partial charge in [0.2, 0.25) is 0 Å². The molecule has 0 heterocycles. The molecule has 0 radical (unpaired) electrons. The molecule has 8 heavy (non-hydrogen) atoms. The highest BCUT2D eigenvalue weighted by atomic mass is 79.9. The first kappa shape index (κ1) is 7.69. The molecule has 0 atom stereocenters. The summed E-state index contributed by atoms with van der Waals surface area (Å²) >= 11 is 3.06. The lowest BCUT2D eigenvalue weighted by Gasteiger charge is -1.87. The molecule has 0 bridgehead atoms. The molecular formula is C5H7BrO2. The molecule has 0 fully saturated rings. The van der Waals surface area contributed by atoms with Gasteiger partial charge in [-0.25, -0.2) is 0 Å². The first-order chi connectivity index (χ1) is 3.66. The topological polar surface area (TPSA) is 37.3 Å². The zero-order valence-electron chi connectivity index (χ0n) is 4.52. The van der Waals surface area contributed by atoms with Crippen LogP contribution in [0.3, 0.4) is 0 Å². The largest absolute Gasteiger partial charge is 0.481 e. The fourth-order valence-electron chi connectivity index (χ4n) is 0.247. The van der Waals surface area contributed by atoms with Crippen molar-refractivity contribution in [2.24, 2.45) is 0 Å². The lowest BCUT2D eigenvalue weighted by atomic mass is 10.4. The maximum absolute atomic E-state index is 9.90. The van der Waals surface area contributed by atoms with Crippen LogP contribution in [0, 0.1) is 0 Å². The van der Waals surface area contributed by atoms with Crippen molar-refractivity contribution in [3.05, 3.63) is 10.6 Å². The van der Waals surface area contributed by atoms with E-state index in [1.165, 1.54) is 0 Å². The standard InChI is InChI=1S/C5H7BrO2/c1-2-4(6)3-5(7)8/h2H,3H2,1H3,(H,7,8)/b4-2-. The molecular weight excluding hydrogens is 172 g/mol. The molecule has 0 aromatic heterocycles. The van der Waals surface area contributed by atoms with Crippen LogP contribution < -0.4 is 0 Å². The first-order valence-corrected chi connectivity index (χ1v) is 2.98. The summed E-state index contributed by atoms with van der Waals surface area (Å²) in [5, 5.41) is 8.14. The highest BCUT2D eigenvalue weighted by molar-refractivity contribution is 9.11. The number of aliphatic carboxylic acids is 1. The zero-order valence-corrected chi connectivity index (χ0v) is 6.10. The van der Waals surface area contributed by atoms with Gasteiger partial charge in [-0.3, -0.25) is 4.79 Å². The third-order valence-electron chi connectivity index (χ3n) is 0.633. The molecule has 0 aliphatic carbocycles. The Balaban J connectivity index is 3.56. The number of carboxylic acids is 1. The van der Waals surface area contributed by atoms with Gasteiger partial charge in [-0.2, -0.15) is 0 Å². The van der Waals surface area contributed by atoms with Crippen molar-refractivity contribution < 1.29 is 9.90 Å². The minimum Gasteiger partial charge on any atom is -0.481 e. The molecule has 0 amide bonds. The zero-order chi connectivity index (χ0) is 6.57. The summed E-state index contributed by atoms with van der Waals surface area (Å²) < 4.78 is 0.713. The highest BCUT2D eigenvalue weighted by Crippen LogP contribution is 2.08. The molecule has 0 saturated carbocycles. The van der Waals surface area contributed by atoms with E-state index in [4.69, 9.17) is 5.11 Å². The molecule has 2 nitrogen and oxygen atoms in total. The molecule has 0 aliphatic heterocycles. The number of carbonyl (C=O) groups is 1. The average Bonchev–Trinajstić information content (AvgIpc) is 1.65. The molecule has 0 saturated heterocycles. The van der Waals surface area contributed by atoms with E-state index in [0.29, 0.717) is 4.48 Å². The second-order valence-corrected chi connectivity index (χ2v) is 2.32. The van der Waals surface area contributed by atoms with Crippen molar-refractivity contribution in [2.45, 2.75) is 13.3 Å². The number of rotatable bonds is 2. The maximum atomic E-state index is 9.90. The summed E-state index contributed by atoms with van der Waals surface area (Å²) in [6.45, 7) is 1.78. The van der Waals surface area contributed by atoms with Gasteiger partial charge in [0.25, 0.3) is 0 Å². The van der Waals surface area contributed by atoms with Gasteiger partial charge in [0.1, 0.15) is 0 Å². The third kappa shape index (κ3) is 3.87. The predicted molar refractivity (Wildman–Crippen MR) is 34.9 cm³/mol. The van der Waals surface area contributed by atoms with Crippen LogP contribution in [0.5, 0.6) is 0 Å². The first-order valence-electron chi connectivity index (χ1n) is 2.19.